The van der Waals surface area contributed by atoms with E-state index in [1.165, 1.54) is 12.7 Å². The standard InChI is InChI=1S/C18H21N5O2/c1-12-15(17(24)25-14-5-3-2-4-6-14)16(13-7-9-19-10-8-13)23-18(22-12)20-11-21-23/h7-11,14,16H,2-6H2,1H3,(H,20,21,22)/t16-/m1/s1. The summed E-state index contributed by atoms with van der Waals surface area (Å²) in [5, 5.41) is 7.47. The summed E-state index contributed by atoms with van der Waals surface area (Å²) in [6, 6.07) is 3.42. The average molecular weight is 339 g/mol. The monoisotopic (exact) mass is 339 g/mol. The Morgan fingerprint density at radius 2 is 2.00 bits per heavy atom. The summed E-state index contributed by atoms with van der Waals surface area (Å²) in [5.41, 5.74) is 2.26. The van der Waals surface area contributed by atoms with Gasteiger partial charge in [0.2, 0.25) is 5.95 Å². The summed E-state index contributed by atoms with van der Waals surface area (Å²) < 4.78 is 7.55. The number of pyridine rings is 1. The van der Waals surface area contributed by atoms with Crippen LogP contribution in [0.25, 0.3) is 0 Å². The summed E-state index contributed by atoms with van der Waals surface area (Å²) in [6.07, 6.45) is 10.3. The van der Waals surface area contributed by atoms with Gasteiger partial charge in [0.05, 0.1) is 5.57 Å². The molecule has 7 nitrogen and oxygen atoms in total. The number of aromatic nitrogens is 4. The van der Waals surface area contributed by atoms with E-state index < -0.39 is 0 Å². The van der Waals surface area contributed by atoms with Crippen molar-refractivity contribution < 1.29 is 9.53 Å². The number of nitrogens with zero attached hydrogens (tertiary/aromatic N) is 4. The lowest BCUT2D eigenvalue weighted by atomic mass is 9.95. The molecule has 3 heterocycles. The number of rotatable bonds is 3. The minimum Gasteiger partial charge on any atom is -0.459 e. The third-order valence-electron chi connectivity index (χ3n) is 4.86. The van der Waals surface area contributed by atoms with Gasteiger partial charge in [0.1, 0.15) is 18.5 Å². The maximum Gasteiger partial charge on any atom is 0.338 e. The van der Waals surface area contributed by atoms with Crippen molar-refractivity contribution in [3.05, 3.63) is 47.7 Å². The Hall–Kier alpha value is -2.70. The van der Waals surface area contributed by atoms with Crippen LogP contribution in [0.15, 0.2) is 42.1 Å². The van der Waals surface area contributed by atoms with Crippen LogP contribution in [0.4, 0.5) is 5.95 Å². The van der Waals surface area contributed by atoms with Crippen molar-refractivity contribution in [2.75, 3.05) is 5.32 Å². The van der Waals surface area contributed by atoms with E-state index in [1.54, 1.807) is 17.1 Å². The second-order valence-corrected chi connectivity index (χ2v) is 6.54. The highest BCUT2D eigenvalue weighted by Gasteiger charge is 2.35. The maximum atomic E-state index is 13.0. The van der Waals surface area contributed by atoms with E-state index in [2.05, 4.69) is 20.4 Å². The Morgan fingerprint density at radius 1 is 1.24 bits per heavy atom. The van der Waals surface area contributed by atoms with Crippen LogP contribution in [0.2, 0.25) is 0 Å². The highest BCUT2D eigenvalue weighted by Crippen LogP contribution is 2.35. The minimum absolute atomic E-state index is 0.0109. The van der Waals surface area contributed by atoms with Crippen molar-refractivity contribution in [3.63, 3.8) is 0 Å². The molecule has 2 aromatic heterocycles. The molecule has 2 aromatic rings. The number of hydrogen-bond acceptors (Lipinski definition) is 6. The Labute approximate surface area is 146 Å². The molecule has 0 amide bonds. The van der Waals surface area contributed by atoms with Crippen molar-refractivity contribution in [1.29, 1.82) is 0 Å². The molecule has 130 valence electrons. The van der Waals surface area contributed by atoms with Gasteiger partial charge in [-0.05, 0) is 50.3 Å². The number of anilines is 1. The molecule has 0 saturated heterocycles. The molecule has 4 rings (SSSR count). The fourth-order valence-corrected chi connectivity index (χ4v) is 3.61. The normalized spacial score (nSPS) is 20.8. The molecule has 0 unspecified atom stereocenters. The van der Waals surface area contributed by atoms with E-state index in [-0.39, 0.29) is 18.1 Å². The number of esters is 1. The fraction of sp³-hybridized carbons (Fsp3) is 0.444. The number of carbonyl (C=O) groups is 1. The Balaban J connectivity index is 1.69. The lowest BCUT2D eigenvalue weighted by molar-refractivity contribution is -0.146. The van der Waals surface area contributed by atoms with Gasteiger partial charge in [0, 0.05) is 18.1 Å². The van der Waals surface area contributed by atoms with Crippen LogP contribution in [-0.2, 0) is 9.53 Å². The van der Waals surface area contributed by atoms with Gasteiger partial charge in [-0.25, -0.2) is 9.48 Å². The average Bonchev–Trinajstić information content (AvgIpc) is 3.10. The van der Waals surface area contributed by atoms with Crippen molar-refractivity contribution in [2.45, 2.75) is 51.2 Å². The quantitative estimate of drug-likeness (QED) is 0.866. The number of hydrogen-bond donors (Lipinski definition) is 1. The molecule has 0 radical (unpaired) electrons. The van der Waals surface area contributed by atoms with E-state index in [1.807, 2.05) is 19.1 Å². The number of ether oxygens (including phenoxy) is 1. The van der Waals surface area contributed by atoms with Gasteiger partial charge < -0.3 is 10.1 Å². The molecule has 1 saturated carbocycles. The Bertz CT molecular complexity index is 793. The zero-order chi connectivity index (χ0) is 17.2. The van der Waals surface area contributed by atoms with Crippen LogP contribution in [0.5, 0.6) is 0 Å². The number of carbonyl (C=O) groups excluding carboxylic acids is 1. The summed E-state index contributed by atoms with van der Waals surface area (Å²) >= 11 is 0. The maximum absolute atomic E-state index is 13.0. The fourth-order valence-electron chi connectivity index (χ4n) is 3.61. The molecule has 1 aliphatic heterocycles. The highest BCUT2D eigenvalue weighted by molar-refractivity contribution is 5.92. The Kier molecular flexibility index (Phi) is 4.21. The van der Waals surface area contributed by atoms with Gasteiger partial charge in [0.25, 0.3) is 0 Å². The van der Waals surface area contributed by atoms with E-state index in [9.17, 15) is 4.79 Å². The van der Waals surface area contributed by atoms with E-state index >= 15 is 0 Å². The van der Waals surface area contributed by atoms with E-state index in [0.29, 0.717) is 11.5 Å². The first-order valence-electron chi connectivity index (χ1n) is 8.72. The largest absolute Gasteiger partial charge is 0.459 e. The molecular weight excluding hydrogens is 318 g/mol. The molecule has 25 heavy (non-hydrogen) atoms. The smallest absolute Gasteiger partial charge is 0.338 e. The molecule has 1 atom stereocenters. The molecule has 0 spiro atoms. The summed E-state index contributed by atoms with van der Waals surface area (Å²) in [6.45, 7) is 1.88. The summed E-state index contributed by atoms with van der Waals surface area (Å²) in [5.74, 6) is 0.341. The van der Waals surface area contributed by atoms with Crippen LogP contribution >= 0.6 is 0 Å². The summed E-state index contributed by atoms with van der Waals surface area (Å²) in [4.78, 5) is 21.3. The van der Waals surface area contributed by atoms with Gasteiger partial charge in [0.15, 0.2) is 0 Å². The molecule has 0 aromatic carbocycles. The third kappa shape index (κ3) is 3.01. The topological polar surface area (TPSA) is 81.9 Å². The SMILES string of the molecule is CC1=C(C(=O)OC2CCCCC2)[C@@H](c2ccncc2)n2ncnc2N1. The van der Waals surface area contributed by atoms with Crippen molar-refractivity contribution in [2.24, 2.45) is 0 Å². The zero-order valence-electron chi connectivity index (χ0n) is 14.2. The molecular formula is C18H21N5O2. The predicted molar refractivity (Wildman–Crippen MR) is 91.7 cm³/mol. The molecule has 2 aliphatic rings. The second kappa shape index (κ2) is 6.66. The first kappa shape index (κ1) is 15.8. The number of fused-ring (bicyclic) bond motifs is 1. The van der Waals surface area contributed by atoms with E-state index in [0.717, 1.165) is 36.9 Å². The van der Waals surface area contributed by atoms with Crippen molar-refractivity contribution >= 4 is 11.9 Å². The zero-order valence-corrected chi connectivity index (χ0v) is 14.2. The van der Waals surface area contributed by atoms with Gasteiger partial charge in [-0.2, -0.15) is 10.1 Å². The van der Waals surface area contributed by atoms with Crippen LogP contribution < -0.4 is 5.32 Å². The van der Waals surface area contributed by atoms with Crippen molar-refractivity contribution in [3.8, 4) is 0 Å². The van der Waals surface area contributed by atoms with Crippen LogP contribution in [0.1, 0.15) is 50.6 Å². The molecule has 1 N–H and O–H groups in total. The molecule has 1 fully saturated rings. The van der Waals surface area contributed by atoms with E-state index in [4.69, 9.17) is 4.74 Å². The minimum atomic E-state index is -0.363. The Morgan fingerprint density at radius 3 is 2.76 bits per heavy atom. The van der Waals surface area contributed by atoms with Gasteiger partial charge in [-0.1, -0.05) is 6.42 Å². The second-order valence-electron chi connectivity index (χ2n) is 6.54. The van der Waals surface area contributed by atoms with Gasteiger partial charge in [-0.15, -0.1) is 0 Å². The van der Waals surface area contributed by atoms with Crippen LogP contribution in [0, 0.1) is 0 Å². The first-order chi connectivity index (χ1) is 12.2. The first-order valence-corrected chi connectivity index (χ1v) is 8.72. The van der Waals surface area contributed by atoms with Gasteiger partial charge >= 0.3 is 5.97 Å². The van der Waals surface area contributed by atoms with Crippen molar-refractivity contribution in [1.82, 2.24) is 19.7 Å². The summed E-state index contributed by atoms with van der Waals surface area (Å²) in [7, 11) is 0. The highest BCUT2D eigenvalue weighted by atomic mass is 16.5. The van der Waals surface area contributed by atoms with Crippen LogP contribution in [0.3, 0.4) is 0 Å². The molecule has 7 heteroatoms. The number of nitrogens with one attached hydrogen (secondary N) is 1. The van der Waals surface area contributed by atoms with Gasteiger partial charge in [-0.3, -0.25) is 4.98 Å². The third-order valence-corrected chi connectivity index (χ3v) is 4.86. The van der Waals surface area contributed by atoms with Crippen LogP contribution in [-0.4, -0.2) is 31.8 Å². The lowest BCUT2D eigenvalue weighted by Crippen LogP contribution is -2.32. The predicted octanol–water partition coefficient (Wildman–Crippen LogP) is 2.84. The molecule has 1 aliphatic carbocycles. The molecule has 0 bridgehead atoms. The lowest BCUT2D eigenvalue weighted by Gasteiger charge is -2.30. The number of allylic oxidation sites excluding steroid dienone is 1.